The van der Waals surface area contributed by atoms with Gasteiger partial charge in [0.05, 0.1) is 5.30 Å². The molecule has 2 nitrogen and oxygen atoms in total. The Morgan fingerprint density at radius 3 is 2.06 bits per heavy atom. The first-order valence-electron chi connectivity index (χ1n) is 11.8. The molecule has 0 saturated heterocycles. The molecule has 8 rings (SSSR count). The maximum absolute atomic E-state index is 6.76. The number of para-hydroxylation sites is 1. The van der Waals surface area contributed by atoms with E-state index in [4.69, 9.17) is 9.47 Å². The summed E-state index contributed by atoms with van der Waals surface area (Å²) in [6.45, 7) is 0. The van der Waals surface area contributed by atoms with E-state index in [0.29, 0.717) is 0 Å². The average molecular weight is 466 g/mol. The fraction of sp³-hybridized carbons (Fsp3) is 0. The molecule has 0 saturated carbocycles. The van der Waals surface area contributed by atoms with E-state index >= 15 is 0 Å². The average Bonchev–Trinajstić information content (AvgIpc) is 2.92. The van der Waals surface area contributed by atoms with Crippen molar-refractivity contribution in [1.82, 2.24) is 0 Å². The van der Waals surface area contributed by atoms with E-state index < -0.39 is 7.92 Å². The summed E-state index contributed by atoms with van der Waals surface area (Å²) in [4.78, 5) is 0. The zero-order valence-electron chi connectivity index (χ0n) is 18.7. The summed E-state index contributed by atoms with van der Waals surface area (Å²) in [5.74, 6) is 3.71. The number of ether oxygens (including phenoxy) is 2. The first-order valence-corrected chi connectivity index (χ1v) is 13.1. The Morgan fingerprint density at radius 2 is 1.17 bits per heavy atom. The predicted molar refractivity (Wildman–Crippen MR) is 146 cm³/mol. The van der Waals surface area contributed by atoms with Gasteiger partial charge in [-0.15, -0.1) is 0 Å². The maximum Gasteiger partial charge on any atom is 0.143 e. The highest BCUT2D eigenvalue weighted by atomic mass is 31.1. The van der Waals surface area contributed by atoms with Gasteiger partial charge in [0, 0.05) is 23.9 Å². The van der Waals surface area contributed by atoms with Crippen molar-refractivity contribution in [3.05, 3.63) is 115 Å². The predicted octanol–water partition coefficient (Wildman–Crippen LogP) is 7.63. The van der Waals surface area contributed by atoms with Crippen molar-refractivity contribution in [3.63, 3.8) is 0 Å². The topological polar surface area (TPSA) is 18.5 Å². The van der Waals surface area contributed by atoms with Crippen LogP contribution in [0.3, 0.4) is 0 Å². The Kier molecular flexibility index (Phi) is 3.94. The van der Waals surface area contributed by atoms with Gasteiger partial charge < -0.3 is 9.47 Å². The standard InChI is InChI=1S/C32H19O2P/c1-3-11-23-20(8-1)10-7-13-24(23)22-18-27-32-28(19-22)34-31-25-12-4-2-9-21(25)16-17-30(31)35(32)29-15-6-5-14-26(29)33-27/h1-19H. The van der Waals surface area contributed by atoms with Crippen molar-refractivity contribution in [2.75, 3.05) is 0 Å². The molecule has 2 heterocycles. The minimum atomic E-state index is -0.790. The molecule has 3 heteroatoms. The summed E-state index contributed by atoms with van der Waals surface area (Å²) < 4.78 is 13.3. The molecule has 2 aliphatic heterocycles. The SMILES string of the molecule is c1ccc2c(c1)Oc1cc(-c3cccc4ccccc34)cc3c1P2c1ccc2ccccc2c1O3. The summed E-state index contributed by atoms with van der Waals surface area (Å²) >= 11 is 0. The van der Waals surface area contributed by atoms with E-state index in [2.05, 4.69) is 115 Å². The molecule has 1 atom stereocenters. The molecule has 1 unspecified atom stereocenters. The highest BCUT2D eigenvalue weighted by molar-refractivity contribution is 7.80. The Bertz CT molecular complexity index is 1820. The molecule has 6 aromatic rings. The van der Waals surface area contributed by atoms with Gasteiger partial charge in [-0.05, 0) is 51.6 Å². The minimum absolute atomic E-state index is 0.790. The molecule has 0 radical (unpaired) electrons. The van der Waals surface area contributed by atoms with Crippen molar-refractivity contribution in [1.29, 1.82) is 0 Å². The van der Waals surface area contributed by atoms with Gasteiger partial charge in [0.25, 0.3) is 0 Å². The molecule has 0 spiro atoms. The third-order valence-corrected chi connectivity index (χ3v) is 9.58. The number of fused-ring (bicyclic) bond motifs is 7. The molecule has 164 valence electrons. The molecule has 0 amide bonds. The van der Waals surface area contributed by atoms with Gasteiger partial charge in [-0.1, -0.05) is 91.0 Å². The lowest BCUT2D eigenvalue weighted by atomic mass is 9.98. The monoisotopic (exact) mass is 466 g/mol. The zero-order valence-corrected chi connectivity index (χ0v) is 19.6. The van der Waals surface area contributed by atoms with Gasteiger partial charge in [-0.3, -0.25) is 0 Å². The quantitative estimate of drug-likeness (QED) is 0.232. The summed E-state index contributed by atoms with van der Waals surface area (Å²) in [5.41, 5.74) is 2.29. The lowest BCUT2D eigenvalue weighted by Gasteiger charge is -2.35. The molecule has 6 aromatic carbocycles. The minimum Gasteiger partial charge on any atom is -0.456 e. The molecule has 0 N–H and O–H groups in total. The van der Waals surface area contributed by atoms with E-state index in [1.165, 1.54) is 37.6 Å². The van der Waals surface area contributed by atoms with Crippen LogP contribution in [0.5, 0.6) is 23.0 Å². The second-order valence-electron chi connectivity index (χ2n) is 8.99. The van der Waals surface area contributed by atoms with Crippen LogP contribution in [0, 0.1) is 0 Å². The zero-order chi connectivity index (χ0) is 22.9. The van der Waals surface area contributed by atoms with Gasteiger partial charge >= 0.3 is 0 Å². The molecule has 2 aliphatic rings. The normalized spacial score (nSPS) is 15.0. The van der Waals surface area contributed by atoms with E-state index in [9.17, 15) is 0 Å². The first kappa shape index (κ1) is 19.2. The van der Waals surface area contributed by atoms with Crippen LogP contribution in [-0.2, 0) is 0 Å². The Balaban J connectivity index is 1.44. The van der Waals surface area contributed by atoms with Crippen molar-refractivity contribution in [2.24, 2.45) is 0 Å². The lowest BCUT2D eigenvalue weighted by Crippen LogP contribution is -2.32. The van der Waals surface area contributed by atoms with Crippen LogP contribution in [0.2, 0.25) is 0 Å². The number of benzene rings is 6. The number of hydrogen-bond acceptors (Lipinski definition) is 2. The van der Waals surface area contributed by atoms with E-state index in [-0.39, 0.29) is 0 Å². The molecule has 35 heavy (non-hydrogen) atoms. The van der Waals surface area contributed by atoms with Crippen LogP contribution in [0.4, 0.5) is 0 Å². The summed E-state index contributed by atoms with van der Waals surface area (Å²) in [6, 6.07) is 40.8. The summed E-state index contributed by atoms with van der Waals surface area (Å²) in [5, 5.41) is 8.46. The number of rotatable bonds is 1. The Labute approximate surface area is 204 Å². The summed E-state index contributed by atoms with van der Waals surface area (Å²) in [7, 11) is -0.790. The third kappa shape index (κ3) is 2.75. The molecule has 0 bridgehead atoms. The van der Waals surface area contributed by atoms with Gasteiger partial charge in [-0.2, -0.15) is 0 Å². The Morgan fingerprint density at radius 1 is 0.486 bits per heavy atom. The van der Waals surface area contributed by atoms with E-state index in [0.717, 1.165) is 33.9 Å². The molecule has 0 aromatic heterocycles. The van der Waals surface area contributed by atoms with Crippen LogP contribution in [0.25, 0.3) is 32.7 Å². The molecular weight excluding hydrogens is 447 g/mol. The second-order valence-corrected chi connectivity index (χ2v) is 11.1. The van der Waals surface area contributed by atoms with Gasteiger partial charge in [-0.25, -0.2) is 0 Å². The maximum atomic E-state index is 6.76. The highest BCUT2D eigenvalue weighted by Gasteiger charge is 2.38. The van der Waals surface area contributed by atoms with Gasteiger partial charge in [0.1, 0.15) is 23.0 Å². The highest BCUT2D eigenvalue weighted by Crippen LogP contribution is 2.54. The summed E-state index contributed by atoms with van der Waals surface area (Å²) in [6.07, 6.45) is 0. The van der Waals surface area contributed by atoms with Crippen LogP contribution in [0.1, 0.15) is 0 Å². The lowest BCUT2D eigenvalue weighted by molar-refractivity contribution is 0.469. The van der Waals surface area contributed by atoms with Gasteiger partial charge in [0.15, 0.2) is 0 Å². The van der Waals surface area contributed by atoms with Crippen LogP contribution in [-0.4, -0.2) is 0 Å². The van der Waals surface area contributed by atoms with Crippen molar-refractivity contribution >= 4 is 45.4 Å². The van der Waals surface area contributed by atoms with Crippen molar-refractivity contribution in [3.8, 4) is 34.1 Å². The second kappa shape index (κ2) is 7.18. The fourth-order valence-electron chi connectivity index (χ4n) is 5.43. The van der Waals surface area contributed by atoms with Crippen molar-refractivity contribution in [2.45, 2.75) is 0 Å². The number of hydrogen-bond donors (Lipinski definition) is 0. The van der Waals surface area contributed by atoms with E-state index in [1.807, 2.05) is 0 Å². The largest absolute Gasteiger partial charge is 0.456 e. The van der Waals surface area contributed by atoms with Crippen LogP contribution < -0.4 is 25.4 Å². The first-order chi connectivity index (χ1) is 17.3. The smallest absolute Gasteiger partial charge is 0.143 e. The van der Waals surface area contributed by atoms with E-state index in [1.54, 1.807) is 0 Å². The van der Waals surface area contributed by atoms with Crippen LogP contribution in [0.15, 0.2) is 115 Å². The Hall–Kier alpha value is -4.13. The third-order valence-electron chi connectivity index (χ3n) is 7.00. The van der Waals surface area contributed by atoms with Crippen LogP contribution >= 0.6 is 7.92 Å². The molecule has 0 fully saturated rings. The fourth-order valence-corrected chi connectivity index (χ4v) is 8.00. The molecular formula is C32H19O2P. The van der Waals surface area contributed by atoms with Crippen molar-refractivity contribution < 1.29 is 9.47 Å². The van der Waals surface area contributed by atoms with Gasteiger partial charge in [0.2, 0.25) is 0 Å². The molecule has 0 aliphatic carbocycles.